The van der Waals surface area contributed by atoms with E-state index in [4.69, 9.17) is 9.84 Å². The van der Waals surface area contributed by atoms with Gasteiger partial charge in [-0.15, -0.1) is 0 Å². The van der Waals surface area contributed by atoms with Crippen LogP contribution in [-0.2, 0) is 16.1 Å². The molecule has 2 aromatic carbocycles. The molecule has 1 fully saturated rings. The highest BCUT2D eigenvalue weighted by Gasteiger charge is 2.32. The molecule has 2 atom stereocenters. The highest BCUT2D eigenvalue weighted by atomic mass is 16.5. The van der Waals surface area contributed by atoms with Gasteiger partial charge in [0, 0.05) is 12.1 Å². The Labute approximate surface area is 183 Å². The number of benzene rings is 2. The summed E-state index contributed by atoms with van der Waals surface area (Å²) in [4.78, 5) is 25.4. The number of unbranched alkanes of at least 4 members (excludes halogenated alkanes) is 2. The van der Waals surface area contributed by atoms with Crippen LogP contribution in [0.2, 0.25) is 0 Å². The van der Waals surface area contributed by atoms with Crippen LogP contribution in [0.1, 0.15) is 73.0 Å². The number of rotatable bonds is 11. The molecule has 0 saturated carbocycles. The van der Waals surface area contributed by atoms with Gasteiger partial charge in [0.1, 0.15) is 0 Å². The first kappa shape index (κ1) is 23.0. The van der Waals surface area contributed by atoms with Crippen LogP contribution in [0.3, 0.4) is 0 Å². The molecule has 6 nitrogen and oxygen atoms in total. The van der Waals surface area contributed by atoms with Gasteiger partial charge < -0.3 is 19.8 Å². The van der Waals surface area contributed by atoms with Crippen LogP contribution in [0.15, 0.2) is 48.5 Å². The summed E-state index contributed by atoms with van der Waals surface area (Å²) in [5.41, 5.74) is 2.71. The molecule has 1 aliphatic heterocycles. The van der Waals surface area contributed by atoms with Crippen LogP contribution in [0.25, 0.3) is 0 Å². The molecule has 1 unspecified atom stereocenters. The Balaban J connectivity index is 1.58. The fourth-order valence-electron chi connectivity index (χ4n) is 3.97. The number of aliphatic hydroxyl groups excluding tert-OH is 1. The van der Waals surface area contributed by atoms with Gasteiger partial charge in [-0.05, 0) is 48.2 Å². The first-order valence-electron chi connectivity index (χ1n) is 11.0. The minimum absolute atomic E-state index is 0.0597. The van der Waals surface area contributed by atoms with E-state index in [-0.39, 0.29) is 17.5 Å². The molecule has 1 heterocycles. The minimum atomic E-state index is -0.964. The predicted molar refractivity (Wildman–Crippen MR) is 119 cm³/mol. The number of carbonyl (C=O) groups is 2. The number of ether oxygens (including phenoxy) is 1. The van der Waals surface area contributed by atoms with E-state index in [9.17, 15) is 14.7 Å². The zero-order chi connectivity index (χ0) is 22.2. The third-order valence-electron chi connectivity index (χ3n) is 5.72. The monoisotopic (exact) mass is 425 g/mol. The topological polar surface area (TPSA) is 87.1 Å². The minimum Gasteiger partial charge on any atom is -0.478 e. The van der Waals surface area contributed by atoms with Gasteiger partial charge in [0.2, 0.25) is 5.91 Å². The zero-order valence-corrected chi connectivity index (χ0v) is 18.0. The molecule has 1 saturated heterocycles. The van der Waals surface area contributed by atoms with Gasteiger partial charge in [-0.2, -0.15) is 0 Å². The Bertz CT molecular complexity index is 880. The Hall–Kier alpha value is -2.70. The number of aliphatic hydroxyl groups is 1. The van der Waals surface area contributed by atoms with Crippen molar-refractivity contribution >= 4 is 17.6 Å². The van der Waals surface area contributed by atoms with Crippen molar-refractivity contribution in [2.24, 2.45) is 0 Å². The Kier molecular flexibility index (Phi) is 8.20. The maximum absolute atomic E-state index is 12.5. The van der Waals surface area contributed by atoms with Gasteiger partial charge in [-0.3, -0.25) is 4.79 Å². The molecule has 2 N–H and O–H groups in total. The number of carboxylic acids is 1. The van der Waals surface area contributed by atoms with Gasteiger partial charge in [0.15, 0.2) is 0 Å². The maximum atomic E-state index is 12.5. The molecule has 166 valence electrons. The number of hydrogen-bond donors (Lipinski definition) is 2. The van der Waals surface area contributed by atoms with Gasteiger partial charge >= 0.3 is 5.97 Å². The van der Waals surface area contributed by atoms with E-state index in [0.717, 1.165) is 48.9 Å². The smallest absolute Gasteiger partial charge is 0.335 e. The molecule has 0 radical (unpaired) electrons. The second kappa shape index (κ2) is 11.1. The quantitative estimate of drug-likeness (QED) is 0.509. The van der Waals surface area contributed by atoms with Crippen molar-refractivity contribution in [3.05, 3.63) is 65.2 Å². The van der Waals surface area contributed by atoms with Crippen LogP contribution < -0.4 is 4.90 Å². The first-order valence-corrected chi connectivity index (χ1v) is 11.0. The summed E-state index contributed by atoms with van der Waals surface area (Å²) in [5.74, 6) is -0.897. The summed E-state index contributed by atoms with van der Waals surface area (Å²) in [7, 11) is 0. The fourth-order valence-corrected chi connectivity index (χ4v) is 3.97. The number of carboxylic acid groups (broad SMARTS) is 1. The normalized spacial score (nSPS) is 17.2. The second-order valence-corrected chi connectivity index (χ2v) is 8.08. The number of nitrogens with zero attached hydrogens (tertiary/aromatic N) is 1. The summed E-state index contributed by atoms with van der Waals surface area (Å²) in [6, 6.07) is 14.2. The molecule has 1 aliphatic rings. The van der Waals surface area contributed by atoms with E-state index < -0.39 is 12.1 Å². The average Bonchev–Trinajstić information content (AvgIpc) is 3.14. The number of carbonyl (C=O) groups excluding carboxylic acids is 1. The van der Waals surface area contributed by atoms with E-state index in [1.807, 2.05) is 30.3 Å². The van der Waals surface area contributed by atoms with Crippen molar-refractivity contribution in [1.29, 1.82) is 0 Å². The van der Waals surface area contributed by atoms with Crippen molar-refractivity contribution in [2.75, 3.05) is 11.5 Å². The van der Waals surface area contributed by atoms with Crippen molar-refractivity contribution in [1.82, 2.24) is 0 Å². The summed E-state index contributed by atoms with van der Waals surface area (Å²) >= 11 is 0. The average molecular weight is 426 g/mol. The van der Waals surface area contributed by atoms with Gasteiger partial charge in [0.05, 0.1) is 30.9 Å². The molecule has 0 spiro atoms. The van der Waals surface area contributed by atoms with Crippen LogP contribution in [0, 0.1) is 0 Å². The van der Waals surface area contributed by atoms with Gasteiger partial charge in [-0.25, -0.2) is 4.79 Å². The number of hydrogen-bond acceptors (Lipinski definition) is 4. The van der Waals surface area contributed by atoms with E-state index >= 15 is 0 Å². The summed E-state index contributed by atoms with van der Waals surface area (Å²) in [6.45, 7) is 2.81. The van der Waals surface area contributed by atoms with Gasteiger partial charge in [0.25, 0.3) is 0 Å². The lowest BCUT2D eigenvalue weighted by atomic mass is 10.0. The van der Waals surface area contributed by atoms with Crippen LogP contribution in [-0.4, -0.2) is 34.7 Å². The molecule has 3 rings (SSSR count). The fraction of sp³-hybridized carbons (Fsp3) is 0.440. The Morgan fingerprint density at radius 3 is 2.68 bits per heavy atom. The molecular weight excluding hydrogens is 394 g/mol. The maximum Gasteiger partial charge on any atom is 0.335 e. The van der Waals surface area contributed by atoms with E-state index in [2.05, 4.69) is 6.92 Å². The molecule has 1 amide bonds. The van der Waals surface area contributed by atoms with Crippen LogP contribution in [0.5, 0.6) is 0 Å². The molecule has 2 aromatic rings. The Morgan fingerprint density at radius 2 is 1.97 bits per heavy atom. The molecule has 31 heavy (non-hydrogen) atoms. The number of anilines is 1. The van der Waals surface area contributed by atoms with Gasteiger partial charge in [-0.1, -0.05) is 50.5 Å². The third-order valence-corrected chi connectivity index (χ3v) is 5.72. The summed E-state index contributed by atoms with van der Waals surface area (Å²) in [6.07, 6.45) is 4.69. The lowest BCUT2D eigenvalue weighted by Crippen LogP contribution is -2.36. The standard InChI is InChI=1S/C25H31NO5/c1-2-3-4-8-23(27)19-9-11-21(12-10-19)26-22(13-14-24(26)28)17-31-16-18-6-5-7-20(15-18)25(29)30/h5-7,9-12,15,22-23,27H,2-4,8,13-14,16-17H2,1H3,(H,29,30)/t22-,23?/m1/s1. The predicted octanol–water partition coefficient (Wildman–Crippen LogP) is 4.71. The van der Waals surface area contributed by atoms with Crippen molar-refractivity contribution in [3.8, 4) is 0 Å². The van der Waals surface area contributed by atoms with E-state index in [1.165, 1.54) is 0 Å². The lowest BCUT2D eigenvalue weighted by molar-refractivity contribution is -0.117. The SMILES string of the molecule is CCCCCC(O)c1ccc(N2C(=O)CC[C@@H]2COCc2cccc(C(=O)O)c2)cc1. The molecule has 6 heteroatoms. The lowest BCUT2D eigenvalue weighted by Gasteiger charge is -2.25. The molecule has 0 bridgehead atoms. The number of aromatic carboxylic acids is 1. The Morgan fingerprint density at radius 1 is 1.19 bits per heavy atom. The number of amides is 1. The molecule has 0 aromatic heterocycles. The van der Waals surface area contributed by atoms with Crippen LogP contribution in [0.4, 0.5) is 5.69 Å². The van der Waals surface area contributed by atoms with E-state index in [0.29, 0.717) is 19.6 Å². The second-order valence-electron chi connectivity index (χ2n) is 8.08. The third kappa shape index (κ3) is 6.15. The highest BCUT2D eigenvalue weighted by molar-refractivity contribution is 5.96. The van der Waals surface area contributed by atoms with E-state index in [1.54, 1.807) is 23.1 Å². The molecule has 0 aliphatic carbocycles. The largest absolute Gasteiger partial charge is 0.478 e. The van der Waals surface area contributed by atoms with Crippen LogP contribution >= 0.6 is 0 Å². The summed E-state index contributed by atoms with van der Waals surface area (Å²) in [5, 5.41) is 19.5. The van der Waals surface area contributed by atoms with Crippen molar-refractivity contribution in [3.63, 3.8) is 0 Å². The first-order chi connectivity index (χ1) is 15.0. The summed E-state index contributed by atoms with van der Waals surface area (Å²) < 4.78 is 5.83. The zero-order valence-electron chi connectivity index (χ0n) is 18.0. The van der Waals surface area contributed by atoms with Crippen molar-refractivity contribution in [2.45, 2.75) is 64.2 Å². The van der Waals surface area contributed by atoms with Crippen molar-refractivity contribution < 1.29 is 24.5 Å². The molecular formula is C25H31NO5. The highest BCUT2D eigenvalue weighted by Crippen LogP contribution is 2.29.